The molecular formula is C33H31F2N9O. The third kappa shape index (κ3) is 7.36. The van der Waals surface area contributed by atoms with Gasteiger partial charge in [0, 0.05) is 40.7 Å². The van der Waals surface area contributed by atoms with Crippen molar-refractivity contribution >= 4 is 29.2 Å². The largest absolute Gasteiger partial charge is 0.364 e. The molecule has 6 aromatic rings. The Morgan fingerprint density at radius 2 is 1.24 bits per heavy atom. The number of aryl methyl sites for hydroxylation is 3. The number of aromatic amines is 2. The first kappa shape index (κ1) is 30.5. The Hall–Kier alpha value is -5.91. The number of amides is 1. The highest BCUT2D eigenvalue weighted by Crippen LogP contribution is 2.29. The molecule has 0 fully saturated rings. The lowest BCUT2D eigenvalue weighted by atomic mass is 10.1. The molecule has 6 rings (SSSR count). The van der Waals surface area contributed by atoms with E-state index in [-0.39, 0.29) is 11.6 Å². The second-order valence-corrected chi connectivity index (χ2v) is 10.3. The summed E-state index contributed by atoms with van der Waals surface area (Å²) in [5.74, 6) is -0.244. The van der Waals surface area contributed by atoms with Gasteiger partial charge in [0.15, 0.2) is 0 Å². The van der Waals surface area contributed by atoms with Crippen LogP contribution in [0.5, 0.6) is 0 Å². The van der Waals surface area contributed by atoms with E-state index in [9.17, 15) is 13.6 Å². The van der Waals surface area contributed by atoms with Crippen molar-refractivity contribution in [1.82, 2.24) is 29.9 Å². The summed E-state index contributed by atoms with van der Waals surface area (Å²) in [4.78, 5) is 35.1. The Kier molecular flexibility index (Phi) is 8.94. The molecule has 1 amide bonds. The fraction of sp³-hybridized carbons (Fsp3) is 0.121. The Bertz CT molecular complexity index is 1950. The number of rotatable bonds is 7. The SMILES string of the molecule is Cc1[nH]c(C(N)=O)c(C)c1-c1ccnc(Nc2ccc(F)cc2)n1.Cc1cc(C)c(-c2ccnc(Nc3ccc(F)cc3)n2)[nH]1. The predicted octanol–water partition coefficient (Wildman–Crippen LogP) is 7.04. The molecule has 2 aromatic carbocycles. The number of H-pyrrole nitrogens is 2. The highest BCUT2D eigenvalue weighted by molar-refractivity contribution is 5.95. The molecule has 45 heavy (non-hydrogen) atoms. The molecular weight excluding hydrogens is 576 g/mol. The molecule has 0 unspecified atom stereocenters. The van der Waals surface area contributed by atoms with Crippen LogP contribution in [0.15, 0.2) is 79.1 Å². The maximum Gasteiger partial charge on any atom is 0.265 e. The predicted molar refractivity (Wildman–Crippen MR) is 170 cm³/mol. The van der Waals surface area contributed by atoms with Gasteiger partial charge in [-0.25, -0.2) is 28.7 Å². The average Bonchev–Trinajstić information content (AvgIpc) is 3.52. The number of nitrogens with zero attached hydrogens (tertiary/aromatic N) is 4. The quantitative estimate of drug-likeness (QED) is 0.131. The van der Waals surface area contributed by atoms with Gasteiger partial charge >= 0.3 is 0 Å². The number of benzene rings is 2. The van der Waals surface area contributed by atoms with Gasteiger partial charge in [0.2, 0.25) is 11.9 Å². The van der Waals surface area contributed by atoms with Crippen molar-refractivity contribution in [2.45, 2.75) is 27.7 Å². The van der Waals surface area contributed by atoms with Gasteiger partial charge in [-0.1, -0.05) is 0 Å². The number of aromatic nitrogens is 6. The standard InChI is InChI=1S/C17H16FN5O.C16H15FN4/c1-9-14(10(2)21-15(9)16(19)24)13-7-8-20-17(23-13)22-12-5-3-11(18)4-6-12;1-10-9-11(2)19-15(10)14-7-8-18-16(21-14)20-13-5-3-12(17)4-6-13/h3-8,21H,1-2H3,(H2,19,24)(H,20,22,23);3-9,19H,1-2H3,(H,18,20,21). The van der Waals surface area contributed by atoms with Gasteiger partial charge < -0.3 is 26.3 Å². The van der Waals surface area contributed by atoms with E-state index in [1.54, 1.807) is 42.7 Å². The fourth-order valence-electron chi connectivity index (χ4n) is 4.82. The lowest BCUT2D eigenvalue weighted by molar-refractivity contribution is 0.0995. The summed E-state index contributed by atoms with van der Waals surface area (Å²) in [6, 6.07) is 17.7. The molecule has 228 valence electrons. The number of primary amides is 1. The molecule has 0 bridgehead atoms. The van der Waals surface area contributed by atoms with Gasteiger partial charge in [-0.05, 0) is 106 Å². The summed E-state index contributed by atoms with van der Waals surface area (Å²) in [7, 11) is 0. The molecule has 0 aliphatic carbocycles. The molecule has 0 atom stereocenters. The van der Waals surface area contributed by atoms with Gasteiger partial charge in [0.05, 0.1) is 17.1 Å². The van der Waals surface area contributed by atoms with E-state index in [4.69, 9.17) is 5.73 Å². The smallest absolute Gasteiger partial charge is 0.265 e. The van der Waals surface area contributed by atoms with Crippen LogP contribution >= 0.6 is 0 Å². The van der Waals surface area contributed by atoms with Gasteiger partial charge in [-0.2, -0.15) is 0 Å². The van der Waals surface area contributed by atoms with Crippen LogP contribution in [-0.2, 0) is 0 Å². The zero-order valence-corrected chi connectivity index (χ0v) is 25.0. The number of halogens is 2. The Labute approximate surface area is 258 Å². The number of anilines is 4. The summed E-state index contributed by atoms with van der Waals surface area (Å²) in [5, 5.41) is 6.08. The van der Waals surface area contributed by atoms with Gasteiger partial charge in [-0.3, -0.25) is 4.79 Å². The molecule has 0 saturated carbocycles. The normalized spacial score (nSPS) is 10.6. The minimum atomic E-state index is -0.513. The number of hydrogen-bond acceptors (Lipinski definition) is 7. The van der Waals surface area contributed by atoms with Gasteiger partial charge in [-0.15, -0.1) is 0 Å². The van der Waals surface area contributed by atoms with Crippen LogP contribution in [0.3, 0.4) is 0 Å². The zero-order chi connectivity index (χ0) is 32.1. The number of carbonyl (C=O) groups excluding carboxylic acids is 1. The zero-order valence-electron chi connectivity index (χ0n) is 25.0. The molecule has 4 aromatic heterocycles. The van der Waals surface area contributed by atoms with E-state index < -0.39 is 5.91 Å². The molecule has 0 radical (unpaired) electrons. The third-order valence-corrected chi connectivity index (χ3v) is 6.86. The van der Waals surface area contributed by atoms with Crippen molar-refractivity contribution in [1.29, 1.82) is 0 Å². The number of nitrogens with two attached hydrogens (primary N) is 1. The van der Waals surface area contributed by atoms with Crippen molar-refractivity contribution in [2.24, 2.45) is 5.73 Å². The molecule has 0 spiro atoms. The van der Waals surface area contributed by atoms with Crippen LogP contribution in [0.4, 0.5) is 32.1 Å². The Balaban J connectivity index is 0.000000179. The van der Waals surface area contributed by atoms with Crippen LogP contribution in [0, 0.1) is 39.3 Å². The van der Waals surface area contributed by atoms with Crippen molar-refractivity contribution in [3.8, 4) is 22.6 Å². The van der Waals surface area contributed by atoms with E-state index in [1.165, 1.54) is 24.3 Å². The number of hydrogen-bond donors (Lipinski definition) is 5. The molecule has 0 aliphatic heterocycles. The van der Waals surface area contributed by atoms with E-state index in [1.807, 2.05) is 33.8 Å². The van der Waals surface area contributed by atoms with E-state index >= 15 is 0 Å². The second kappa shape index (κ2) is 13.2. The van der Waals surface area contributed by atoms with Crippen molar-refractivity contribution in [3.63, 3.8) is 0 Å². The monoisotopic (exact) mass is 607 g/mol. The highest BCUT2D eigenvalue weighted by atomic mass is 19.1. The minimum absolute atomic E-state index is 0.271. The van der Waals surface area contributed by atoms with Crippen molar-refractivity contribution in [2.75, 3.05) is 10.6 Å². The molecule has 6 N–H and O–H groups in total. The topological polar surface area (TPSA) is 150 Å². The molecule has 4 heterocycles. The van der Waals surface area contributed by atoms with E-state index in [0.717, 1.165) is 45.2 Å². The minimum Gasteiger partial charge on any atom is -0.364 e. The number of nitrogens with one attached hydrogen (secondary N) is 4. The first-order chi connectivity index (χ1) is 21.6. The van der Waals surface area contributed by atoms with Crippen LogP contribution in [-0.4, -0.2) is 35.8 Å². The maximum atomic E-state index is 13.0. The summed E-state index contributed by atoms with van der Waals surface area (Å²) < 4.78 is 25.9. The van der Waals surface area contributed by atoms with E-state index in [0.29, 0.717) is 29.0 Å². The van der Waals surface area contributed by atoms with Crippen LogP contribution in [0.1, 0.15) is 33.0 Å². The average molecular weight is 608 g/mol. The second-order valence-electron chi connectivity index (χ2n) is 10.3. The lowest BCUT2D eigenvalue weighted by Crippen LogP contribution is -2.12. The first-order valence-electron chi connectivity index (χ1n) is 13.9. The lowest BCUT2D eigenvalue weighted by Gasteiger charge is -2.07. The molecule has 0 aliphatic rings. The molecule has 12 heteroatoms. The summed E-state index contributed by atoms with van der Waals surface area (Å²) >= 11 is 0. The van der Waals surface area contributed by atoms with Gasteiger partial charge in [0.1, 0.15) is 17.3 Å². The third-order valence-electron chi connectivity index (χ3n) is 6.86. The van der Waals surface area contributed by atoms with Crippen LogP contribution < -0.4 is 16.4 Å². The Morgan fingerprint density at radius 1 is 0.733 bits per heavy atom. The van der Waals surface area contributed by atoms with Gasteiger partial charge in [0.25, 0.3) is 5.91 Å². The summed E-state index contributed by atoms with van der Waals surface area (Å²) in [6.45, 7) is 7.71. The molecule has 10 nitrogen and oxygen atoms in total. The summed E-state index contributed by atoms with van der Waals surface area (Å²) in [6.07, 6.45) is 3.31. The van der Waals surface area contributed by atoms with Crippen LogP contribution in [0.25, 0.3) is 22.6 Å². The molecule has 0 saturated heterocycles. The Morgan fingerprint density at radius 3 is 1.71 bits per heavy atom. The van der Waals surface area contributed by atoms with E-state index in [2.05, 4.69) is 46.6 Å². The van der Waals surface area contributed by atoms with Crippen molar-refractivity contribution < 1.29 is 13.6 Å². The summed E-state index contributed by atoms with van der Waals surface area (Å²) in [5.41, 5.74) is 14.2. The maximum absolute atomic E-state index is 13.0. The fourth-order valence-corrected chi connectivity index (χ4v) is 4.82. The van der Waals surface area contributed by atoms with Crippen LogP contribution in [0.2, 0.25) is 0 Å². The number of carbonyl (C=O) groups is 1. The van der Waals surface area contributed by atoms with Crippen molar-refractivity contribution in [3.05, 3.63) is 119 Å². The highest BCUT2D eigenvalue weighted by Gasteiger charge is 2.18. The first-order valence-corrected chi connectivity index (χ1v) is 13.9.